The molecule has 3 aromatic rings. The van der Waals surface area contributed by atoms with Crippen LogP contribution < -0.4 is 0 Å². The third-order valence-corrected chi connectivity index (χ3v) is 4.95. The number of benzene rings is 1. The first kappa shape index (κ1) is 24.0. The highest BCUT2D eigenvalue weighted by Gasteiger charge is 2.30. The Hall–Kier alpha value is -3.64. The van der Waals surface area contributed by atoms with Crippen molar-refractivity contribution in [2.45, 2.75) is 32.0 Å². The lowest BCUT2D eigenvalue weighted by molar-refractivity contribution is -0.139. The van der Waals surface area contributed by atoms with E-state index in [1.165, 1.54) is 12.1 Å². The zero-order chi connectivity index (χ0) is 23.8. The maximum absolute atomic E-state index is 13.1. The molecule has 0 aliphatic rings. The quantitative estimate of drug-likeness (QED) is 0.218. The van der Waals surface area contributed by atoms with Gasteiger partial charge < -0.3 is 14.4 Å². The smallest absolute Gasteiger partial charge is 0.416 e. The number of rotatable bonds is 9. The Bertz CT molecular complexity index is 1190. The van der Waals surface area contributed by atoms with Crippen molar-refractivity contribution in [2.24, 2.45) is 0 Å². The number of hydrogen-bond donors (Lipinski definition) is 1. The number of alkyl halides is 3. The average molecular weight is 457 g/mol. The minimum absolute atomic E-state index is 0.0654. The first-order chi connectivity index (χ1) is 15.8. The van der Waals surface area contributed by atoms with Gasteiger partial charge in [-0.2, -0.15) is 18.4 Å². The van der Waals surface area contributed by atoms with Crippen LogP contribution in [0.15, 0.2) is 54.4 Å². The van der Waals surface area contributed by atoms with Crippen LogP contribution in [0.25, 0.3) is 17.1 Å². The summed E-state index contributed by atoms with van der Waals surface area (Å²) in [6.45, 7) is 0.328. The van der Waals surface area contributed by atoms with E-state index >= 15 is 0 Å². The lowest BCUT2D eigenvalue weighted by atomic mass is 10.1. The maximum Gasteiger partial charge on any atom is 0.416 e. The van der Waals surface area contributed by atoms with E-state index in [2.05, 4.69) is 4.98 Å². The Labute approximate surface area is 188 Å². The molecule has 172 valence electrons. The van der Waals surface area contributed by atoms with Gasteiger partial charge in [0.25, 0.3) is 0 Å². The molecular weight excluding hydrogens is 435 g/mol. The van der Waals surface area contributed by atoms with Gasteiger partial charge in [0.2, 0.25) is 0 Å². The molecule has 2 heterocycles. The summed E-state index contributed by atoms with van der Waals surface area (Å²) >= 11 is 0. The summed E-state index contributed by atoms with van der Waals surface area (Å²) < 4.78 is 46.0. The number of pyridine rings is 1. The zero-order valence-electron chi connectivity index (χ0n) is 17.7. The fraction of sp³-hybridized carbons (Fsp3) is 0.292. The number of carbonyl (C=O) groups is 1. The highest BCUT2D eigenvalue weighted by Crippen LogP contribution is 2.30. The number of aliphatic hydroxyl groups is 1. The SMILES string of the molecule is N#C/C(=C\c1cn(Cc2cccc(C(F)(F)F)c2)c2ncccc12)C(=O)OCCCCCO. The Morgan fingerprint density at radius 2 is 2.03 bits per heavy atom. The van der Waals surface area contributed by atoms with Crippen molar-refractivity contribution >= 4 is 23.1 Å². The number of nitriles is 1. The number of aliphatic hydroxyl groups excluding tert-OH is 1. The normalized spacial score (nSPS) is 12.0. The summed E-state index contributed by atoms with van der Waals surface area (Å²) in [5.41, 5.74) is 0.539. The predicted molar refractivity (Wildman–Crippen MR) is 116 cm³/mol. The standard InChI is InChI=1S/C24H22F3N3O3/c25-24(26,27)20-7-4-6-17(12-20)15-30-16-19(21-8-5-9-29-22(21)30)13-18(14-28)23(32)33-11-3-1-2-10-31/h4-9,12-13,16,31H,1-3,10-11,15H2/b18-13+. The van der Waals surface area contributed by atoms with Crippen LogP contribution in [0.2, 0.25) is 0 Å². The second-order valence-electron chi connectivity index (χ2n) is 7.38. The number of esters is 1. The molecule has 3 rings (SSSR count). The van der Waals surface area contributed by atoms with Gasteiger partial charge in [-0.1, -0.05) is 12.1 Å². The fourth-order valence-electron chi connectivity index (χ4n) is 3.35. The van der Waals surface area contributed by atoms with Crippen molar-refractivity contribution in [1.29, 1.82) is 5.26 Å². The molecule has 0 aliphatic carbocycles. The van der Waals surface area contributed by atoms with Gasteiger partial charge in [-0.15, -0.1) is 0 Å². The van der Waals surface area contributed by atoms with Crippen molar-refractivity contribution < 1.29 is 27.8 Å². The van der Waals surface area contributed by atoms with Gasteiger partial charge in [0.15, 0.2) is 0 Å². The van der Waals surface area contributed by atoms with Gasteiger partial charge >= 0.3 is 12.1 Å². The van der Waals surface area contributed by atoms with E-state index in [-0.39, 0.29) is 25.3 Å². The first-order valence-electron chi connectivity index (χ1n) is 10.3. The van der Waals surface area contributed by atoms with Crippen LogP contribution in [0.5, 0.6) is 0 Å². The van der Waals surface area contributed by atoms with E-state index in [1.54, 1.807) is 35.2 Å². The van der Waals surface area contributed by atoms with Gasteiger partial charge in [0.05, 0.1) is 12.2 Å². The second kappa shape index (κ2) is 10.8. The van der Waals surface area contributed by atoms with Crippen LogP contribution in [0, 0.1) is 11.3 Å². The molecule has 33 heavy (non-hydrogen) atoms. The molecule has 0 saturated carbocycles. The molecule has 0 amide bonds. The van der Waals surface area contributed by atoms with E-state index in [4.69, 9.17) is 9.84 Å². The summed E-state index contributed by atoms with van der Waals surface area (Å²) in [5, 5.41) is 18.9. The molecule has 0 radical (unpaired) electrons. The number of nitrogens with zero attached hydrogens (tertiary/aromatic N) is 3. The average Bonchev–Trinajstić information content (AvgIpc) is 3.14. The first-order valence-corrected chi connectivity index (χ1v) is 10.3. The molecule has 0 spiro atoms. The number of unbranched alkanes of at least 4 members (excludes halogenated alkanes) is 2. The molecule has 0 unspecified atom stereocenters. The minimum atomic E-state index is -4.44. The summed E-state index contributed by atoms with van der Waals surface area (Å²) in [5.74, 6) is -0.760. The third-order valence-electron chi connectivity index (χ3n) is 4.95. The topological polar surface area (TPSA) is 88.1 Å². The Kier molecular flexibility index (Phi) is 7.85. The van der Waals surface area contributed by atoms with Crippen LogP contribution in [-0.4, -0.2) is 33.8 Å². The number of aromatic nitrogens is 2. The van der Waals surface area contributed by atoms with E-state index in [0.717, 1.165) is 12.1 Å². The lowest BCUT2D eigenvalue weighted by Gasteiger charge is -2.09. The number of halogens is 3. The van der Waals surface area contributed by atoms with E-state index in [9.17, 15) is 23.2 Å². The largest absolute Gasteiger partial charge is 0.462 e. The summed E-state index contributed by atoms with van der Waals surface area (Å²) in [6, 6.07) is 10.3. The Morgan fingerprint density at radius 1 is 1.21 bits per heavy atom. The van der Waals surface area contributed by atoms with Gasteiger partial charge in [0.1, 0.15) is 17.3 Å². The highest BCUT2D eigenvalue weighted by molar-refractivity contribution is 6.00. The summed E-state index contributed by atoms with van der Waals surface area (Å²) in [7, 11) is 0. The molecule has 9 heteroatoms. The number of carbonyl (C=O) groups excluding carboxylic acids is 1. The van der Waals surface area contributed by atoms with Crippen molar-refractivity contribution in [3.8, 4) is 6.07 Å². The molecular formula is C24H22F3N3O3. The number of hydrogen-bond acceptors (Lipinski definition) is 5. The van der Waals surface area contributed by atoms with Crippen LogP contribution >= 0.6 is 0 Å². The molecule has 0 fully saturated rings. The zero-order valence-corrected chi connectivity index (χ0v) is 17.7. The van der Waals surface area contributed by atoms with Crippen molar-refractivity contribution in [3.05, 3.63) is 71.1 Å². The van der Waals surface area contributed by atoms with Gasteiger partial charge in [-0.3, -0.25) is 0 Å². The Balaban J connectivity index is 1.86. The summed E-state index contributed by atoms with van der Waals surface area (Å²) in [4.78, 5) is 16.6. The van der Waals surface area contributed by atoms with E-state index < -0.39 is 17.7 Å². The lowest BCUT2D eigenvalue weighted by Crippen LogP contribution is -2.08. The molecule has 1 N–H and O–H groups in total. The van der Waals surface area contributed by atoms with Crippen LogP contribution in [0.4, 0.5) is 13.2 Å². The van der Waals surface area contributed by atoms with Crippen LogP contribution in [0.1, 0.15) is 36.0 Å². The second-order valence-corrected chi connectivity index (χ2v) is 7.38. The van der Waals surface area contributed by atoms with E-state index in [0.29, 0.717) is 41.4 Å². The van der Waals surface area contributed by atoms with E-state index in [1.807, 2.05) is 6.07 Å². The van der Waals surface area contributed by atoms with Crippen LogP contribution in [-0.2, 0) is 22.3 Å². The molecule has 6 nitrogen and oxygen atoms in total. The van der Waals surface area contributed by atoms with Crippen LogP contribution in [0.3, 0.4) is 0 Å². The molecule has 0 saturated heterocycles. The van der Waals surface area contributed by atoms with Crippen molar-refractivity contribution in [1.82, 2.24) is 9.55 Å². The molecule has 1 aromatic carbocycles. The Morgan fingerprint density at radius 3 is 2.76 bits per heavy atom. The molecule has 0 bridgehead atoms. The number of ether oxygens (including phenoxy) is 1. The van der Waals surface area contributed by atoms with Gasteiger partial charge in [-0.25, -0.2) is 9.78 Å². The predicted octanol–water partition coefficient (Wildman–Crippen LogP) is 4.72. The number of fused-ring (bicyclic) bond motifs is 1. The maximum atomic E-state index is 13.1. The molecule has 0 atom stereocenters. The third kappa shape index (κ3) is 6.20. The fourth-order valence-corrected chi connectivity index (χ4v) is 3.35. The molecule has 2 aromatic heterocycles. The minimum Gasteiger partial charge on any atom is -0.462 e. The van der Waals surface area contributed by atoms with Gasteiger partial charge in [-0.05, 0) is 55.2 Å². The van der Waals surface area contributed by atoms with Crippen molar-refractivity contribution in [3.63, 3.8) is 0 Å². The monoisotopic (exact) mass is 457 g/mol. The summed E-state index contributed by atoms with van der Waals surface area (Å²) in [6.07, 6.45) is 2.03. The van der Waals surface area contributed by atoms with Gasteiger partial charge in [0, 0.05) is 36.5 Å². The van der Waals surface area contributed by atoms with Crippen molar-refractivity contribution in [2.75, 3.05) is 13.2 Å². The highest BCUT2D eigenvalue weighted by atomic mass is 19.4. The molecule has 0 aliphatic heterocycles.